The minimum atomic E-state index is -3.66. The van der Waals surface area contributed by atoms with Crippen molar-refractivity contribution in [1.82, 2.24) is 4.72 Å². The second-order valence-corrected chi connectivity index (χ2v) is 6.96. The van der Waals surface area contributed by atoms with Crippen molar-refractivity contribution in [3.05, 3.63) is 64.1 Å². The van der Waals surface area contributed by atoms with E-state index in [4.69, 9.17) is 23.2 Å². The molecule has 0 saturated carbocycles. The fourth-order valence-electron chi connectivity index (χ4n) is 1.75. The molecule has 0 aliphatic rings. The summed E-state index contributed by atoms with van der Waals surface area (Å²) in [6.45, 7) is -0.182. The predicted octanol–water partition coefficient (Wildman–Crippen LogP) is 3.01. The van der Waals surface area contributed by atoms with Crippen LogP contribution in [0, 0.1) is 0 Å². The van der Waals surface area contributed by atoms with Crippen LogP contribution in [-0.2, 0) is 10.0 Å². The fraction of sp³-hybridized carbons (Fsp3) is 0.143. The van der Waals surface area contributed by atoms with Gasteiger partial charge >= 0.3 is 0 Å². The van der Waals surface area contributed by atoms with Crippen LogP contribution in [0.2, 0.25) is 10.0 Å². The number of sulfonamides is 1. The number of hydrogen-bond acceptors (Lipinski definition) is 3. The zero-order valence-corrected chi connectivity index (χ0v) is 13.2. The van der Waals surface area contributed by atoms with Gasteiger partial charge in [-0.2, -0.15) is 0 Å². The highest BCUT2D eigenvalue weighted by Gasteiger charge is 2.17. The van der Waals surface area contributed by atoms with E-state index >= 15 is 0 Å². The van der Waals surface area contributed by atoms with Crippen molar-refractivity contribution in [3.8, 4) is 0 Å². The van der Waals surface area contributed by atoms with Crippen LogP contribution in [0.15, 0.2) is 53.4 Å². The largest absolute Gasteiger partial charge is 0.387 e. The molecule has 7 heteroatoms. The SMILES string of the molecule is O=S(=O)(NCC(O)c1ccc(Cl)cc1Cl)c1ccccc1. The predicted molar refractivity (Wildman–Crippen MR) is 83.1 cm³/mol. The Hall–Kier alpha value is -1.11. The average Bonchev–Trinajstić information content (AvgIpc) is 2.46. The van der Waals surface area contributed by atoms with Gasteiger partial charge in [0.15, 0.2) is 0 Å². The lowest BCUT2D eigenvalue weighted by molar-refractivity contribution is 0.182. The molecule has 0 spiro atoms. The summed E-state index contributed by atoms with van der Waals surface area (Å²) in [5, 5.41) is 10.8. The number of benzene rings is 2. The number of nitrogens with one attached hydrogen (secondary N) is 1. The smallest absolute Gasteiger partial charge is 0.240 e. The molecule has 21 heavy (non-hydrogen) atoms. The molecule has 2 rings (SSSR count). The molecule has 0 radical (unpaired) electrons. The first-order chi connectivity index (χ1) is 9.90. The molecular weight excluding hydrogens is 333 g/mol. The highest BCUT2D eigenvalue weighted by Crippen LogP contribution is 2.26. The minimum absolute atomic E-state index is 0.138. The summed E-state index contributed by atoms with van der Waals surface area (Å²) in [4.78, 5) is 0.138. The zero-order valence-electron chi connectivity index (χ0n) is 10.8. The Balaban J connectivity index is 2.09. The second kappa shape index (κ2) is 6.77. The van der Waals surface area contributed by atoms with Gasteiger partial charge in [0.1, 0.15) is 0 Å². The highest BCUT2D eigenvalue weighted by molar-refractivity contribution is 7.89. The van der Waals surface area contributed by atoms with Crippen LogP contribution in [-0.4, -0.2) is 20.1 Å². The van der Waals surface area contributed by atoms with E-state index in [-0.39, 0.29) is 16.5 Å². The third-order valence-corrected chi connectivity index (χ3v) is 4.84. The normalized spacial score (nSPS) is 13.1. The molecule has 0 amide bonds. The number of rotatable bonds is 5. The summed E-state index contributed by atoms with van der Waals surface area (Å²) < 4.78 is 26.4. The molecule has 0 saturated heterocycles. The van der Waals surface area contributed by atoms with Crippen molar-refractivity contribution in [2.45, 2.75) is 11.0 Å². The summed E-state index contributed by atoms with van der Waals surface area (Å²) in [5.74, 6) is 0. The van der Waals surface area contributed by atoms with E-state index in [1.54, 1.807) is 30.3 Å². The first-order valence-corrected chi connectivity index (χ1v) is 8.32. The van der Waals surface area contributed by atoms with E-state index < -0.39 is 16.1 Å². The number of hydrogen-bond donors (Lipinski definition) is 2. The average molecular weight is 346 g/mol. The van der Waals surface area contributed by atoms with Crippen LogP contribution in [0.25, 0.3) is 0 Å². The van der Waals surface area contributed by atoms with E-state index in [9.17, 15) is 13.5 Å². The van der Waals surface area contributed by atoms with E-state index in [0.29, 0.717) is 10.6 Å². The van der Waals surface area contributed by atoms with E-state index in [1.807, 2.05) is 0 Å². The minimum Gasteiger partial charge on any atom is -0.387 e. The number of halogens is 2. The molecule has 2 aromatic carbocycles. The Morgan fingerprint density at radius 1 is 1.10 bits per heavy atom. The monoisotopic (exact) mass is 345 g/mol. The van der Waals surface area contributed by atoms with Gasteiger partial charge in [-0.3, -0.25) is 0 Å². The lowest BCUT2D eigenvalue weighted by Gasteiger charge is -2.14. The molecule has 0 aliphatic heterocycles. The topological polar surface area (TPSA) is 66.4 Å². The summed E-state index contributed by atoms with van der Waals surface area (Å²) in [7, 11) is -3.66. The maximum atomic E-state index is 12.0. The molecule has 0 heterocycles. The molecule has 2 N–H and O–H groups in total. The van der Waals surface area contributed by atoms with Crippen LogP contribution >= 0.6 is 23.2 Å². The second-order valence-electron chi connectivity index (χ2n) is 4.35. The molecule has 0 bridgehead atoms. The van der Waals surface area contributed by atoms with E-state index in [1.165, 1.54) is 18.2 Å². The zero-order chi connectivity index (χ0) is 15.5. The van der Waals surface area contributed by atoms with Gasteiger partial charge in [0.2, 0.25) is 10.0 Å². The summed E-state index contributed by atoms with van der Waals surface area (Å²) in [5.41, 5.74) is 0.414. The summed E-state index contributed by atoms with van der Waals surface area (Å²) in [6, 6.07) is 12.6. The highest BCUT2D eigenvalue weighted by atomic mass is 35.5. The van der Waals surface area contributed by atoms with Gasteiger partial charge in [0.25, 0.3) is 0 Å². The van der Waals surface area contributed by atoms with Gasteiger partial charge < -0.3 is 5.11 Å². The maximum absolute atomic E-state index is 12.0. The van der Waals surface area contributed by atoms with Gasteiger partial charge in [-0.05, 0) is 24.3 Å². The Morgan fingerprint density at radius 2 is 1.76 bits per heavy atom. The van der Waals surface area contributed by atoms with E-state index in [2.05, 4.69) is 4.72 Å². The Morgan fingerprint density at radius 3 is 2.38 bits per heavy atom. The summed E-state index contributed by atoms with van der Waals surface area (Å²) in [6.07, 6.45) is -1.06. The van der Waals surface area contributed by atoms with Crippen LogP contribution in [0.5, 0.6) is 0 Å². The van der Waals surface area contributed by atoms with Gasteiger partial charge in [0.05, 0.1) is 11.0 Å². The molecule has 0 aromatic heterocycles. The molecule has 1 atom stereocenters. The van der Waals surface area contributed by atoms with Crippen molar-refractivity contribution in [1.29, 1.82) is 0 Å². The van der Waals surface area contributed by atoms with Gasteiger partial charge in [-0.25, -0.2) is 13.1 Å². The van der Waals surface area contributed by atoms with Crippen LogP contribution in [0.1, 0.15) is 11.7 Å². The maximum Gasteiger partial charge on any atom is 0.240 e. The van der Waals surface area contributed by atoms with Crippen molar-refractivity contribution < 1.29 is 13.5 Å². The quantitative estimate of drug-likeness (QED) is 0.875. The van der Waals surface area contributed by atoms with Crippen molar-refractivity contribution in [3.63, 3.8) is 0 Å². The molecule has 0 aliphatic carbocycles. The lowest BCUT2D eigenvalue weighted by Crippen LogP contribution is -2.28. The molecule has 1 unspecified atom stereocenters. The van der Waals surface area contributed by atoms with Crippen molar-refractivity contribution in [2.24, 2.45) is 0 Å². The van der Waals surface area contributed by atoms with E-state index in [0.717, 1.165) is 0 Å². The molecule has 4 nitrogen and oxygen atoms in total. The van der Waals surface area contributed by atoms with Gasteiger partial charge in [0, 0.05) is 22.2 Å². The van der Waals surface area contributed by atoms with Gasteiger partial charge in [-0.1, -0.05) is 47.5 Å². The number of aliphatic hydroxyl groups excluding tert-OH is 1. The Bertz CT molecular complexity index is 720. The molecular formula is C14H13Cl2NO3S. The Labute approximate surface area is 133 Å². The molecule has 112 valence electrons. The van der Waals surface area contributed by atoms with Crippen LogP contribution in [0.4, 0.5) is 0 Å². The van der Waals surface area contributed by atoms with Crippen LogP contribution in [0.3, 0.4) is 0 Å². The number of aliphatic hydroxyl groups is 1. The van der Waals surface area contributed by atoms with Gasteiger partial charge in [-0.15, -0.1) is 0 Å². The van der Waals surface area contributed by atoms with Crippen molar-refractivity contribution in [2.75, 3.05) is 6.54 Å². The standard InChI is InChI=1S/C14H13Cl2NO3S/c15-10-6-7-12(13(16)8-10)14(18)9-17-21(19,20)11-4-2-1-3-5-11/h1-8,14,17-18H,9H2. The lowest BCUT2D eigenvalue weighted by atomic mass is 10.1. The third kappa shape index (κ3) is 4.18. The first-order valence-electron chi connectivity index (χ1n) is 6.08. The summed E-state index contributed by atoms with van der Waals surface area (Å²) >= 11 is 11.7. The fourth-order valence-corrected chi connectivity index (χ4v) is 3.35. The van der Waals surface area contributed by atoms with Crippen molar-refractivity contribution >= 4 is 33.2 Å². The third-order valence-electron chi connectivity index (χ3n) is 2.84. The molecule has 0 fully saturated rings. The first kappa shape index (κ1) is 16.3. The Kier molecular flexibility index (Phi) is 5.24. The molecule has 2 aromatic rings. The van der Waals surface area contributed by atoms with Crippen LogP contribution < -0.4 is 4.72 Å².